The third-order valence-electron chi connectivity index (χ3n) is 4.63. The summed E-state index contributed by atoms with van der Waals surface area (Å²) in [5, 5.41) is 17.7. The Kier molecular flexibility index (Phi) is 6.25. The second kappa shape index (κ2) is 6.44. The molecule has 0 saturated heterocycles. The summed E-state index contributed by atoms with van der Waals surface area (Å²) in [5.41, 5.74) is -1.35. The van der Waals surface area contributed by atoms with Gasteiger partial charge in [0.15, 0.2) is 0 Å². The maximum Gasteiger partial charge on any atom is 0.0987 e. The summed E-state index contributed by atoms with van der Waals surface area (Å²) in [6.45, 7) is 16.5. The van der Waals surface area contributed by atoms with E-state index in [1.54, 1.807) is 0 Å². The highest BCUT2D eigenvalue weighted by molar-refractivity contribution is 5.22. The molecule has 0 aromatic rings. The van der Waals surface area contributed by atoms with E-state index in [-0.39, 0.29) is 24.0 Å². The molecular formula is C16H30O4. The summed E-state index contributed by atoms with van der Waals surface area (Å²) in [7, 11) is 0. The molecule has 20 heavy (non-hydrogen) atoms. The van der Waals surface area contributed by atoms with Crippen LogP contribution in [0.25, 0.3) is 0 Å². The Morgan fingerprint density at radius 1 is 0.650 bits per heavy atom. The van der Waals surface area contributed by atoms with Gasteiger partial charge in [-0.3, -0.25) is 10.5 Å². The first-order valence-corrected chi connectivity index (χ1v) is 6.90. The van der Waals surface area contributed by atoms with Gasteiger partial charge in [-0.05, 0) is 24.7 Å². The predicted octanol–water partition coefficient (Wildman–Crippen LogP) is 4.07. The van der Waals surface area contributed by atoms with E-state index in [2.05, 4.69) is 63.2 Å². The molecule has 0 fully saturated rings. The Hall–Kier alpha value is -0.600. The van der Waals surface area contributed by atoms with Gasteiger partial charge in [-0.2, -0.15) is 0 Å². The minimum atomic E-state index is -0.510. The average molecular weight is 286 g/mol. The van der Waals surface area contributed by atoms with E-state index in [4.69, 9.17) is 10.5 Å². The molecule has 0 aromatic carbocycles. The van der Waals surface area contributed by atoms with Gasteiger partial charge in [0.1, 0.15) is 0 Å². The van der Waals surface area contributed by atoms with Crippen molar-refractivity contribution in [3.8, 4) is 11.8 Å². The second-order valence-electron chi connectivity index (χ2n) is 7.96. The molecule has 0 heterocycles. The number of hydrogen-bond acceptors (Lipinski definition) is 4. The van der Waals surface area contributed by atoms with E-state index >= 15 is 0 Å². The molecule has 0 amide bonds. The van der Waals surface area contributed by atoms with Crippen molar-refractivity contribution in [2.24, 2.45) is 21.7 Å². The topological polar surface area (TPSA) is 58.9 Å². The maximum atomic E-state index is 8.83. The fraction of sp³-hybridized carbons (Fsp3) is 0.875. The van der Waals surface area contributed by atoms with E-state index in [9.17, 15) is 0 Å². The van der Waals surface area contributed by atoms with Gasteiger partial charge in [0.25, 0.3) is 0 Å². The second-order valence-corrected chi connectivity index (χ2v) is 7.96. The Labute approximate surface area is 123 Å². The van der Waals surface area contributed by atoms with Crippen molar-refractivity contribution in [1.29, 1.82) is 0 Å². The fourth-order valence-electron chi connectivity index (χ4n) is 1.41. The summed E-state index contributed by atoms with van der Waals surface area (Å²) in [5.74, 6) is 6.49. The minimum Gasteiger partial charge on any atom is -0.252 e. The van der Waals surface area contributed by atoms with Gasteiger partial charge >= 0.3 is 0 Å². The molecule has 0 aromatic heterocycles. The number of rotatable bonds is 4. The summed E-state index contributed by atoms with van der Waals surface area (Å²) in [4.78, 5) is 8.72. The summed E-state index contributed by atoms with van der Waals surface area (Å²) in [6, 6.07) is 0. The summed E-state index contributed by atoms with van der Waals surface area (Å²) in [6.07, 6.45) is 0. The van der Waals surface area contributed by atoms with Gasteiger partial charge in [0.2, 0.25) is 0 Å². The lowest BCUT2D eigenvalue weighted by Gasteiger charge is -2.39. The van der Waals surface area contributed by atoms with Crippen LogP contribution in [0.3, 0.4) is 0 Å². The van der Waals surface area contributed by atoms with Crippen molar-refractivity contribution in [3.63, 3.8) is 0 Å². The van der Waals surface area contributed by atoms with Crippen molar-refractivity contribution in [2.75, 3.05) is 13.2 Å². The van der Waals surface area contributed by atoms with Crippen LogP contribution in [-0.4, -0.2) is 23.7 Å². The highest BCUT2D eigenvalue weighted by atomic mass is 17.1. The first-order valence-electron chi connectivity index (χ1n) is 6.90. The fourth-order valence-corrected chi connectivity index (χ4v) is 1.41. The molecule has 0 saturated carbocycles. The van der Waals surface area contributed by atoms with Crippen LogP contribution in [0.15, 0.2) is 0 Å². The first kappa shape index (κ1) is 19.4. The molecule has 118 valence electrons. The van der Waals surface area contributed by atoms with Gasteiger partial charge in [-0.1, -0.05) is 53.4 Å². The van der Waals surface area contributed by atoms with Gasteiger partial charge in [0.05, 0.1) is 24.0 Å². The Balaban J connectivity index is 5.63. The minimum absolute atomic E-state index is 0.129. The normalized spacial score (nSPS) is 18.7. The molecule has 0 aliphatic carbocycles. The molecule has 4 heteroatoms. The van der Waals surface area contributed by atoms with E-state index in [1.807, 2.05) is 13.8 Å². The molecule has 0 rings (SSSR count). The molecule has 0 bridgehead atoms. The Morgan fingerprint density at radius 2 is 0.900 bits per heavy atom. The zero-order valence-electron chi connectivity index (χ0n) is 14.1. The van der Waals surface area contributed by atoms with Crippen molar-refractivity contribution in [1.82, 2.24) is 0 Å². The van der Waals surface area contributed by atoms with Gasteiger partial charge in [-0.15, -0.1) is 0 Å². The molecule has 0 spiro atoms. The largest absolute Gasteiger partial charge is 0.252 e. The zero-order valence-corrected chi connectivity index (χ0v) is 14.1. The highest BCUT2D eigenvalue weighted by Gasteiger charge is 2.40. The summed E-state index contributed by atoms with van der Waals surface area (Å²) < 4.78 is 0. The smallest absolute Gasteiger partial charge is 0.0987 e. The standard InChI is InChI=1S/C16H30O4/c1-13(2,3)15(7,11-19-17)9-10-16(8,12-20-18)14(4,5)6/h17-18H,11-12H2,1-8H3. The SMILES string of the molecule is CC(C)(C)C(C)(C#CC(C)(COO)C(C)(C)C)COO. The van der Waals surface area contributed by atoms with E-state index in [0.717, 1.165) is 0 Å². The van der Waals surface area contributed by atoms with Crippen LogP contribution in [0, 0.1) is 33.5 Å². The van der Waals surface area contributed by atoms with E-state index < -0.39 is 10.8 Å². The Morgan fingerprint density at radius 3 is 1.05 bits per heavy atom. The van der Waals surface area contributed by atoms with Crippen LogP contribution in [0.1, 0.15) is 55.4 Å². The van der Waals surface area contributed by atoms with Crippen LogP contribution >= 0.6 is 0 Å². The molecular weight excluding hydrogens is 256 g/mol. The van der Waals surface area contributed by atoms with Crippen LogP contribution < -0.4 is 0 Å². The lowest BCUT2D eigenvalue weighted by Crippen LogP contribution is -2.39. The van der Waals surface area contributed by atoms with Gasteiger partial charge < -0.3 is 0 Å². The van der Waals surface area contributed by atoms with Gasteiger partial charge in [-0.25, -0.2) is 9.78 Å². The van der Waals surface area contributed by atoms with Crippen molar-refractivity contribution < 1.29 is 20.3 Å². The van der Waals surface area contributed by atoms with Crippen LogP contribution in [0.5, 0.6) is 0 Å². The zero-order chi connectivity index (χ0) is 16.2. The molecule has 2 atom stereocenters. The summed E-state index contributed by atoms with van der Waals surface area (Å²) >= 11 is 0. The van der Waals surface area contributed by atoms with Crippen molar-refractivity contribution >= 4 is 0 Å². The van der Waals surface area contributed by atoms with Crippen molar-refractivity contribution in [3.05, 3.63) is 0 Å². The number of hydrogen-bond donors (Lipinski definition) is 2. The molecule has 4 nitrogen and oxygen atoms in total. The average Bonchev–Trinajstić information content (AvgIpc) is 2.24. The predicted molar refractivity (Wildman–Crippen MR) is 80.1 cm³/mol. The quantitative estimate of drug-likeness (QED) is 0.464. The first-order chi connectivity index (χ1) is 8.83. The Bertz CT molecular complexity index is 333. The van der Waals surface area contributed by atoms with Crippen molar-refractivity contribution in [2.45, 2.75) is 55.4 Å². The third-order valence-corrected chi connectivity index (χ3v) is 4.63. The molecule has 0 aliphatic heterocycles. The maximum absolute atomic E-state index is 8.83. The van der Waals surface area contributed by atoms with Crippen LogP contribution in [0.2, 0.25) is 0 Å². The van der Waals surface area contributed by atoms with Crippen LogP contribution in [0.4, 0.5) is 0 Å². The molecule has 2 unspecified atom stereocenters. The third kappa shape index (κ3) is 4.46. The van der Waals surface area contributed by atoms with E-state index in [1.165, 1.54) is 0 Å². The molecule has 0 aliphatic rings. The lowest BCUT2D eigenvalue weighted by atomic mass is 9.65. The van der Waals surface area contributed by atoms with Gasteiger partial charge in [0, 0.05) is 0 Å². The van der Waals surface area contributed by atoms with E-state index in [0.29, 0.717) is 0 Å². The molecule has 0 radical (unpaired) electrons. The monoisotopic (exact) mass is 286 g/mol. The molecule has 2 N–H and O–H groups in total. The lowest BCUT2D eigenvalue weighted by molar-refractivity contribution is -0.264. The van der Waals surface area contributed by atoms with Crippen LogP contribution in [-0.2, 0) is 9.78 Å². The highest BCUT2D eigenvalue weighted by Crippen LogP contribution is 2.41.